The van der Waals surface area contributed by atoms with Gasteiger partial charge in [0.1, 0.15) is 9.22 Å². The number of nitrogens with one attached hydrogen (secondary N) is 1. The van der Waals surface area contributed by atoms with Crippen molar-refractivity contribution < 1.29 is 17.4 Å². The number of halogens is 1. The van der Waals surface area contributed by atoms with E-state index in [1.54, 1.807) is 50.3 Å². The maximum Gasteiger partial charge on any atom is 0.339 e. The first kappa shape index (κ1) is 21.0. The standard InChI is InChI=1S/C19H16BrNO4S3/c1-10-7-11(2)17(12(3)8-10)28(23,24)25-15-6-4-5-14(20)13(15)9-16-18(22)21-19(26)27-16/h4-9H,1-3H3,(H,21,22,26). The van der Waals surface area contributed by atoms with Crippen LogP contribution in [0.2, 0.25) is 0 Å². The van der Waals surface area contributed by atoms with Crippen LogP contribution in [0, 0.1) is 20.8 Å². The lowest BCUT2D eigenvalue weighted by atomic mass is 10.1. The van der Waals surface area contributed by atoms with Gasteiger partial charge in [0.15, 0.2) is 5.75 Å². The van der Waals surface area contributed by atoms with Gasteiger partial charge in [0.25, 0.3) is 5.91 Å². The van der Waals surface area contributed by atoms with Crippen LogP contribution in [0.15, 0.2) is 44.6 Å². The number of thiocarbonyl (C=S) groups is 1. The van der Waals surface area contributed by atoms with Crippen molar-refractivity contribution in [3.8, 4) is 5.75 Å². The molecule has 1 N–H and O–H groups in total. The van der Waals surface area contributed by atoms with Crippen molar-refractivity contribution in [1.29, 1.82) is 0 Å². The van der Waals surface area contributed by atoms with Crippen molar-refractivity contribution in [3.63, 3.8) is 0 Å². The smallest absolute Gasteiger partial charge is 0.339 e. The fourth-order valence-corrected chi connectivity index (χ4v) is 5.86. The molecule has 9 heteroatoms. The Labute approximate surface area is 181 Å². The van der Waals surface area contributed by atoms with Crippen molar-refractivity contribution in [2.75, 3.05) is 0 Å². The summed E-state index contributed by atoms with van der Waals surface area (Å²) in [5.74, 6) is -0.211. The van der Waals surface area contributed by atoms with Crippen LogP contribution >= 0.6 is 39.9 Å². The molecule has 0 saturated carbocycles. The predicted molar refractivity (Wildman–Crippen MR) is 119 cm³/mol. The Balaban J connectivity index is 2.07. The minimum Gasteiger partial charge on any atom is -0.378 e. The summed E-state index contributed by atoms with van der Waals surface area (Å²) in [4.78, 5) is 12.5. The molecule has 146 valence electrons. The van der Waals surface area contributed by atoms with Crippen LogP contribution < -0.4 is 9.50 Å². The molecule has 1 saturated heterocycles. The number of carbonyl (C=O) groups excluding carboxylic acids is 1. The molecule has 1 aliphatic heterocycles. The Morgan fingerprint density at radius 3 is 2.39 bits per heavy atom. The molecule has 0 atom stereocenters. The quantitative estimate of drug-likeness (QED) is 0.377. The summed E-state index contributed by atoms with van der Waals surface area (Å²) < 4.78 is 32.5. The third-order valence-corrected chi connectivity index (χ3v) is 7.38. The van der Waals surface area contributed by atoms with E-state index in [1.165, 1.54) is 0 Å². The SMILES string of the molecule is Cc1cc(C)c(S(=O)(=O)Oc2cccc(Br)c2C=C2SC(=S)NC2=O)c(C)c1. The van der Waals surface area contributed by atoms with Crippen LogP contribution in [0.1, 0.15) is 22.3 Å². The lowest BCUT2D eigenvalue weighted by Crippen LogP contribution is -2.17. The molecule has 5 nitrogen and oxygen atoms in total. The molecule has 3 rings (SSSR count). The number of thioether (sulfide) groups is 1. The first-order valence-electron chi connectivity index (χ1n) is 8.14. The van der Waals surface area contributed by atoms with E-state index >= 15 is 0 Å². The summed E-state index contributed by atoms with van der Waals surface area (Å²) in [6, 6.07) is 8.55. The van der Waals surface area contributed by atoms with E-state index < -0.39 is 10.1 Å². The fraction of sp³-hybridized carbons (Fsp3) is 0.158. The van der Waals surface area contributed by atoms with E-state index in [4.69, 9.17) is 16.4 Å². The summed E-state index contributed by atoms with van der Waals surface area (Å²) in [5.41, 5.74) is 2.64. The molecule has 28 heavy (non-hydrogen) atoms. The zero-order chi connectivity index (χ0) is 20.6. The lowest BCUT2D eigenvalue weighted by Gasteiger charge is -2.15. The largest absolute Gasteiger partial charge is 0.378 e. The van der Waals surface area contributed by atoms with Gasteiger partial charge in [-0.2, -0.15) is 8.42 Å². The first-order valence-corrected chi connectivity index (χ1v) is 11.6. The molecular weight excluding hydrogens is 482 g/mol. The maximum atomic E-state index is 13.0. The number of hydrogen-bond donors (Lipinski definition) is 1. The average Bonchev–Trinajstić information content (AvgIpc) is 2.86. The highest BCUT2D eigenvalue weighted by Gasteiger charge is 2.26. The average molecular weight is 498 g/mol. The highest BCUT2D eigenvalue weighted by atomic mass is 79.9. The summed E-state index contributed by atoms with van der Waals surface area (Å²) >= 11 is 9.51. The molecule has 0 spiro atoms. The van der Waals surface area contributed by atoms with Crippen molar-refractivity contribution in [2.24, 2.45) is 0 Å². The molecule has 1 heterocycles. The van der Waals surface area contributed by atoms with E-state index in [2.05, 4.69) is 21.2 Å². The van der Waals surface area contributed by atoms with Crippen LogP contribution in [-0.4, -0.2) is 18.6 Å². The van der Waals surface area contributed by atoms with Gasteiger partial charge >= 0.3 is 10.1 Å². The van der Waals surface area contributed by atoms with Gasteiger partial charge in [-0.15, -0.1) is 0 Å². The second-order valence-electron chi connectivity index (χ2n) is 6.27. The number of carbonyl (C=O) groups is 1. The van der Waals surface area contributed by atoms with Crippen LogP contribution in [-0.2, 0) is 14.9 Å². The van der Waals surface area contributed by atoms with Crippen LogP contribution in [0.25, 0.3) is 6.08 Å². The molecule has 2 aromatic rings. The Hall–Kier alpha value is -1.68. The summed E-state index contributed by atoms with van der Waals surface area (Å²) in [5, 5.41) is 2.53. The van der Waals surface area contributed by atoms with E-state index in [9.17, 15) is 13.2 Å². The Morgan fingerprint density at radius 2 is 1.82 bits per heavy atom. The highest BCUT2D eigenvalue weighted by Crippen LogP contribution is 2.35. The van der Waals surface area contributed by atoms with E-state index in [0.29, 0.717) is 30.4 Å². The first-order chi connectivity index (χ1) is 13.1. The zero-order valence-corrected chi connectivity index (χ0v) is 19.2. The normalized spacial score (nSPS) is 15.8. The molecule has 1 aliphatic rings. The van der Waals surface area contributed by atoms with E-state index in [1.807, 2.05) is 6.92 Å². The van der Waals surface area contributed by atoms with Gasteiger partial charge in [-0.05, 0) is 50.1 Å². The van der Waals surface area contributed by atoms with E-state index in [0.717, 1.165) is 17.3 Å². The van der Waals surface area contributed by atoms with Gasteiger partial charge in [0.05, 0.1) is 4.91 Å². The van der Waals surface area contributed by atoms with Crippen LogP contribution in [0.5, 0.6) is 5.75 Å². The second-order valence-corrected chi connectivity index (χ2v) is 10.3. The molecule has 0 aromatic heterocycles. The van der Waals surface area contributed by atoms with Gasteiger partial charge in [-0.25, -0.2) is 0 Å². The Kier molecular flexibility index (Phi) is 6.00. The number of benzene rings is 2. The Morgan fingerprint density at radius 1 is 1.18 bits per heavy atom. The van der Waals surface area contributed by atoms with Crippen molar-refractivity contribution in [2.45, 2.75) is 25.7 Å². The van der Waals surface area contributed by atoms with Gasteiger partial charge in [-0.3, -0.25) is 4.79 Å². The topological polar surface area (TPSA) is 72.5 Å². The van der Waals surface area contributed by atoms with Gasteiger partial charge in [0, 0.05) is 10.0 Å². The van der Waals surface area contributed by atoms with E-state index in [-0.39, 0.29) is 16.6 Å². The third kappa shape index (κ3) is 4.32. The summed E-state index contributed by atoms with van der Waals surface area (Å²) in [6.07, 6.45) is 1.56. The molecule has 0 unspecified atom stereocenters. The number of aryl methyl sites for hydroxylation is 3. The minimum absolute atomic E-state index is 0.118. The maximum absolute atomic E-state index is 13.0. The van der Waals surface area contributed by atoms with Gasteiger partial charge < -0.3 is 9.50 Å². The van der Waals surface area contributed by atoms with Crippen molar-refractivity contribution in [3.05, 3.63) is 62.0 Å². The summed E-state index contributed by atoms with van der Waals surface area (Å²) in [7, 11) is -4.07. The molecule has 1 amide bonds. The number of hydrogen-bond acceptors (Lipinski definition) is 6. The molecule has 2 aromatic carbocycles. The van der Waals surface area contributed by atoms with Crippen LogP contribution in [0.3, 0.4) is 0 Å². The molecule has 0 bridgehead atoms. The summed E-state index contributed by atoms with van der Waals surface area (Å²) in [6.45, 7) is 5.38. The van der Waals surface area contributed by atoms with Crippen LogP contribution in [0.4, 0.5) is 0 Å². The zero-order valence-electron chi connectivity index (χ0n) is 15.2. The molecular formula is C19H16BrNO4S3. The van der Waals surface area contributed by atoms with Crippen molar-refractivity contribution >= 4 is 66.3 Å². The lowest BCUT2D eigenvalue weighted by molar-refractivity contribution is -0.115. The minimum atomic E-state index is -4.07. The van der Waals surface area contributed by atoms with Gasteiger partial charge in [-0.1, -0.05) is 63.7 Å². The number of rotatable bonds is 4. The fourth-order valence-electron chi connectivity index (χ4n) is 3.00. The number of amides is 1. The molecule has 0 aliphatic carbocycles. The van der Waals surface area contributed by atoms with Crippen molar-refractivity contribution in [1.82, 2.24) is 5.32 Å². The Bertz CT molecular complexity index is 1120. The highest BCUT2D eigenvalue weighted by molar-refractivity contribution is 9.10. The molecule has 0 radical (unpaired) electrons. The third-order valence-electron chi connectivity index (χ3n) is 3.98. The monoisotopic (exact) mass is 497 g/mol. The van der Waals surface area contributed by atoms with Gasteiger partial charge in [0.2, 0.25) is 0 Å². The molecule has 1 fully saturated rings. The predicted octanol–water partition coefficient (Wildman–Crippen LogP) is 4.63. The second kappa shape index (κ2) is 7.98.